The standard InChI is InChI=1S/C27H29FN2O4/c1-29-21-11-7-17-13-24(32-2)26(33-3)27(34-4)25(17)19-10-12-22(23(31)14-20(19)21)30-15-16-5-8-18(28)9-6-16/h5-6,8-10,12-14,21,29H,7,11,15H2,1-4H3,(H,30,31)/p+1/t21-/m0/s1. The van der Waals surface area contributed by atoms with Crippen molar-refractivity contribution < 1.29 is 23.9 Å². The predicted octanol–water partition coefficient (Wildman–Crippen LogP) is 3.67. The molecule has 0 spiro atoms. The number of benzene rings is 2. The lowest BCUT2D eigenvalue weighted by Crippen LogP contribution is -2.81. The highest BCUT2D eigenvalue weighted by Crippen LogP contribution is 2.49. The molecule has 0 heterocycles. The quantitative estimate of drug-likeness (QED) is 0.557. The Morgan fingerprint density at radius 3 is 2.38 bits per heavy atom. The molecule has 0 aliphatic heterocycles. The minimum atomic E-state index is -0.287. The first-order chi connectivity index (χ1) is 16.5. The van der Waals surface area contributed by atoms with Crippen LogP contribution < -0.4 is 30.3 Å². The molecule has 178 valence electrons. The SMILES string of the molecule is C[NH2+][C@H]1CCc2cc(OC)c(OC)c(OC)c2-c2ccc(NCc3ccc(F)cc3)c(=O)cc21. The molecule has 4 rings (SSSR count). The Bertz CT molecular complexity index is 1240. The van der Waals surface area contributed by atoms with Crippen molar-refractivity contribution in [1.82, 2.24) is 0 Å². The zero-order chi connectivity index (χ0) is 24.2. The summed E-state index contributed by atoms with van der Waals surface area (Å²) >= 11 is 0. The first-order valence-electron chi connectivity index (χ1n) is 11.3. The summed E-state index contributed by atoms with van der Waals surface area (Å²) in [4.78, 5) is 13.2. The van der Waals surface area contributed by atoms with Crippen LogP contribution in [-0.2, 0) is 13.0 Å². The largest absolute Gasteiger partial charge is 0.493 e. The molecule has 1 aliphatic rings. The molecule has 1 atom stereocenters. The number of nitrogens with two attached hydrogens (primary N) is 1. The van der Waals surface area contributed by atoms with Gasteiger partial charge in [0.25, 0.3) is 0 Å². The number of quaternary nitrogens is 1. The highest BCUT2D eigenvalue weighted by molar-refractivity contribution is 5.82. The highest BCUT2D eigenvalue weighted by atomic mass is 19.1. The van der Waals surface area contributed by atoms with Crippen LogP contribution in [0.2, 0.25) is 0 Å². The van der Waals surface area contributed by atoms with Crippen LogP contribution in [0.15, 0.2) is 53.3 Å². The molecule has 3 aromatic rings. The molecule has 0 saturated carbocycles. The van der Waals surface area contributed by atoms with Crippen molar-refractivity contribution in [3.63, 3.8) is 0 Å². The van der Waals surface area contributed by atoms with Gasteiger partial charge in [0.05, 0.1) is 34.1 Å². The van der Waals surface area contributed by atoms with Gasteiger partial charge in [-0.2, -0.15) is 0 Å². The van der Waals surface area contributed by atoms with Crippen LogP contribution in [0, 0.1) is 5.82 Å². The number of rotatable bonds is 7. The van der Waals surface area contributed by atoms with Crippen molar-refractivity contribution in [2.75, 3.05) is 33.7 Å². The van der Waals surface area contributed by atoms with Gasteiger partial charge in [0.15, 0.2) is 11.5 Å². The van der Waals surface area contributed by atoms with Crippen LogP contribution in [0.1, 0.15) is 29.2 Å². The third-order valence-electron chi connectivity index (χ3n) is 6.38. The number of aryl methyl sites for hydroxylation is 1. The molecule has 1 aliphatic carbocycles. The summed E-state index contributed by atoms with van der Waals surface area (Å²) in [6, 6.07) is 13.8. The smallest absolute Gasteiger partial charge is 0.203 e. The van der Waals surface area contributed by atoms with Crippen LogP contribution >= 0.6 is 0 Å². The van der Waals surface area contributed by atoms with Gasteiger partial charge in [0, 0.05) is 24.1 Å². The predicted molar refractivity (Wildman–Crippen MR) is 130 cm³/mol. The topological polar surface area (TPSA) is 73.4 Å². The Labute approximate surface area is 198 Å². The van der Waals surface area contributed by atoms with E-state index in [4.69, 9.17) is 14.2 Å². The Balaban J connectivity index is 1.86. The molecule has 3 aromatic carbocycles. The zero-order valence-corrected chi connectivity index (χ0v) is 19.9. The Morgan fingerprint density at radius 1 is 1.00 bits per heavy atom. The second kappa shape index (κ2) is 10.1. The van der Waals surface area contributed by atoms with Gasteiger partial charge in [-0.15, -0.1) is 0 Å². The van der Waals surface area contributed by atoms with Crippen molar-refractivity contribution in [2.24, 2.45) is 0 Å². The maximum absolute atomic E-state index is 13.2. The molecule has 7 heteroatoms. The number of ether oxygens (including phenoxy) is 3. The number of halogens is 1. The molecule has 0 saturated heterocycles. The molecule has 0 bridgehead atoms. The monoisotopic (exact) mass is 465 g/mol. The summed E-state index contributed by atoms with van der Waals surface area (Å²) in [5.74, 6) is 1.45. The number of anilines is 1. The van der Waals surface area contributed by atoms with Gasteiger partial charge in [0.1, 0.15) is 11.9 Å². The second-order valence-electron chi connectivity index (χ2n) is 8.26. The van der Waals surface area contributed by atoms with Crippen molar-refractivity contribution >= 4 is 5.69 Å². The van der Waals surface area contributed by atoms with E-state index in [1.807, 2.05) is 25.2 Å². The van der Waals surface area contributed by atoms with Crippen molar-refractivity contribution in [3.05, 3.63) is 81.3 Å². The third kappa shape index (κ3) is 4.43. The Hall–Kier alpha value is -3.58. The number of nitrogens with one attached hydrogen (secondary N) is 1. The summed E-state index contributed by atoms with van der Waals surface area (Å²) in [5, 5.41) is 5.35. The van der Waals surface area contributed by atoms with E-state index in [9.17, 15) is 9.18 Å². The van der Waals surface area contributed by atoms with Gasteiger partial charge in [0.2, 0.25) is 11.2 Å². The number of hydrogen-bond acceptors (Lipinski definition) is 5. The first-order valence-corrected chi connectivity index (χ1v) is 11.3. The van der Waals surface area contributed by atoms with Crippen molar-refractivity contribution in [3.8, 4) is 28.4 Å². The molecule has 0 amide bonds. The molecule has 34 heavy (non-hydrogen) atoms. The molecule has 0 radical (unpaired) electrons. The number of hydrogen-bond donors (Lipinski definition) is 2. The maximum Gasteiger partial charge on any atom is 0.203 e. The zero-order valence-electron chi connectivity index (χ0n) is 19.9. The Morgan fingerprint density at radius 2 is 1.74 bits per heavy atom. The lowest BCUT2D eigenvalue weighted by atomic mass is 9.95. The molecule has 0 aromatic heterocycles. The van der Waals surface area contributed by atoms with E-state index in [2.05, 4.69) is 10.6 Å². The molecule has 0 unspecified atom stereocenters. The summed E-state index contributed by atoms with van der Waals surface area (Å²) in [7, 11) is 6.84. The minimum Gasteiger partial charge on any atom is -0.493 e. The second-order valence-corrected chi connectivity index (χ2v) is 8.26. The Kier molecular flexibility index (Phi) is 7.03. The lowest BCUT2D eigenvalue weighted by molar-refractivity contribution is -0.670. The normalized spacial score (nSPS) is 14.4. The van der Waals surface area contributed by atoms with E-state index in [1.165, 1.54) is 12.1 Å². The summed E-state index contributed by atoms with van der Waals surface area (Å²) < 4.78 is 30.3. The van der Waals surface area contributed by atoms with E-state index in [1.54, 1.807) is 39.5 Å². The molecule has 6 nitrogen and oxygen atoms in total. The fourth-order valence-electron chi connectivity index (χ4n) is 4.63. The van der Waals surface area contributed by atoms with Crippen LogP contribution in [0.25, 0.3) is 11.1 Å². The van der Waals surface area contributed by atoms with Gasteiger partial charge < -0.3 is 24.8 Å². The van der Waals surface area contributed by atoms with Gasteiger partial charge in [-0.3, -0.25) is 4.79 Å². The van der Waals surface area contributed by atoms with E-state index in [0.29, 0.717) is 29.5 Å². The maximum atomic E-state index is 13.2. The third-order valence-corrected chi connectivity index (χ3v) is 6.38. The van der Waals surface area contributed by atoms with E-state index >= 15 is 0 Å². The van der Waals surface area contributed by atoms with Crippen molar-refractivity contribution in [1.29, 1.82) is 0 Å². The van der Waals surface area contributed by atoms with Crippen LogP contribution in [0.4, 0.5) is 10.1 Å². The van der Waals surface area contributed by atoms with Gasteiger partial charge in [-0.1, -0.05) is 18.2 Å². The van der Waals surface area contributed by atoms with Gasteiger partial charge >= 0.3 is 0 Å². The lowest BCUT2D eigenvalue weighted by Gasteiger charge is -2.19. The van der Waals surface area contributed by atoms with E-state index in [-0.39, 0.29) is 17.3 Å². The van der Waals surface area contributed by atoms with E-state index < -0.39 is 0 Å². The number of fused-ring (bicyclic) bond motifs is 3. The van der Waals surface area contributed by atoms with Crippen LogP contribution in [-0.4, -0.2) is 28.4 Å². The first kappa shape index (κ1) is 23.6. The molecule has 0 fully saturated rings. The summed E-state index contributed by atoms with van der Waals surface area (Å²) in [5.41, 5.74) is 5.15. The molecular formula is C27H30FN2O4+. The number of methoxy groups -OCH3 is 3. The fraction of sp³-hybridized carbons (Fsp3) is 0.296. The average molecular weight is 466 g/mol. The van der Waals surface area contributed by atoms with Crippen LogP contribution in [0.5, 0.6) is 17.2 Å². The van der Waals surface area contributed by atoms with Gasteiger partial charge in [-0.25, -0.2) is 4.39 Å². The minimum absolute atomic E-state index is 0.0990. The average Bonchev–Trinajstić information content (AvgIpc) is 3.10. The van der Waals surface area contributed by atoms with Crippen molar-refractivity contribution in [2.45, 2.75) is 25.4 Å². The van der Waals surface area contributed by atoms with E-state index in [0.717, 1.165) is 40.7 Å². The fourth-order valence-corrected chi connectivity index (χ4v) is 4.63. The van der Waals surface area contributed by atoms with Crippen LogP contribution in [0.3, 0.4) is 0 Å². The van der Waals surface area contributed by atoms with Gasteiger partial charge in [-0.05, 0) is 53.4 Å². The summed E-state index contributed by atoms with van der Waals surface area (Å²) in [6.45, 7) is 0.415. The summed E-state index contributed by atoms with van der Waals surface area (Å²) in [6.07, 6.45) is 1.67. The highest BCUT2D eigenvalue weighted by Gasteiger charge is 2.29. The molecular weight excluding hydrogens is 435 g/mol. The molecule has 3 N–H and O–H groups in total.